The molecule has 10 atom stereocenters. The molecule has 0 bridgehead atoms. The van der Waals surface area contributed by atoms with E-state index < -0.39 is 73.6 Å². The van der Waals surface area contributed by atoms with Crippen molar-refractivity contribution < 1.29 is 68.6 Å². The molecule has 2 saturated heterocycles. The molecule has 2 heterocycles. The van der Waals surface area contributed by atoms with Gasteiger partial charge in [-0.15, -0.1) is 0 Å². The van der Waals surface area contributed by atoms with E-state index in [1.807, 2.05) is 92.6 Å². The van der Waals surface area contributed by atoms with E-state index in [9.17, 15) is 35.4 Å². The Morgan fingerprint density at radius 1 is 0.500 bits per heavy atom. The lowest BCUT2D eigenvalue weighted by molar-refractivity contribution is -0.256. The zero-order chi connectivity index (χ0) is 57.9. The van der Waals surface area contributed by atoms with Gasteiger partial charge in [0, 0.05) is 34.1 Å². The Morgan fingerprint density at radius 3 is 1.21 bits per heavy atom. The summed E-state index contributed by atoms with van der Waals surface area (Å²) in [5.74, 6) is -1.45. The van der Waals surface area contributed by atoms with Crippen LogP contribution in [0.15, 0.2) is 60.7 Å². The molecular formula is C59H97N3O14. The summed E-state index contributed by atoms with van der Waals surface area (Å²) in [6.07, 6.45) is -9.33. The van der Waals surface area contributed by atoms with Crippen LogP contribution in [-0.2, 0) is 48.3 Å². The zero-order valence-electron chi connectivity index (χ0n) is 49.3. The lowest BCUT2D eigenvalue weighted by Gasteiger charge is -2.41. The number of nitrogens with one attached hydrogen (secondary N) is 3. The molecule has 0 aromatic heterocycles. The average molecular weight is 1070 g/mol. The quantitative estimate of drug-likeness (QED) is 0.0688. The molecule has 3 aromatic rings. The van der Waals surface area contributed by atoms with Crippen LogP contribution < -0.4 is 25.4 Å². The molecule has 5 rings (SSSR count). The Morgan fingerprint density at radius 2 is 0.855 bits per heavy atom. The molecule has 0 aliphatic carbocycles. The number of hydrogen-bond acceptors (Lipinski definition) is 16. The van der Waals surface area contributed by atoms with Crippen LogP contribution in [0.1, 0.15) is 155 Å². The summed E-state index contributed by atoms with van der Waals surface area (Å²) in [5.41, 5.74) is 4.81. The molecule has 3 aromatic carbocycles. The number of carboxylic acid groups (broad SMARTS) is 1. The van der Waals surface area contributed by atoms with Gasteiger partial charge >= 0.3 is 5.97 Å². The molecule has 2 aliphatic rings. The van der Waals surface area contributed by atoms with Crippen molar-refractivity contribution in [1.82, 2.24) is 0 Å². The van der Waals surface area contributed by atoms with E-state index >= 15 is 0 Å². The smallest absolute Gasteiger partial charge is 0.335 e. The van der Waals surface area contributed by atoms with Crippen molar-refractivity contribution in [3.63, 3.8) is 0 Å². The third-order valence-electron chi connectivity index (χ3n) is 11.4. The molecule has 10 unspecified atom stereocenters. The van der Waals surface area contributed by atoms with Crippen molar-refractivity contribution in [2.24, 2.45) is 11.8 Å². The van der Waals surface area contributed by atoms with Gasteiger partial charge in [0.2, 0.25) is 12.6 Å². The van der Waals surface area contributed by atoms with Gasteiger partial charge in [-0.3, -0.25) is 0 Å². The second kappa shape index (κ2) is 27.1. The Labute approximate surface area is 454 Å². The lowest BCUT2D eigenvalue weighted by Crippen LogP contribution is -2.57. The Bertz CT molecular complexity index is 2230. The van der Waals surface area contributed by atoms with Crippen LogP contribution in [-0.4, -0.2) is 126 Å². The van der Waals surface area contributed by atoms with Gasteiger partial charge < -0.3 is 79.7 Å². The van der Waals surface area contributed by atoms with Crippen molar-refractivity contribution in [3.8, 4) is 11.5 Å². The van der Waals surface area contributed by atoms with E-state index in [-0.39, 0.29) is 33.4 Å². The van der Waals surface area contributed by atoms with E-state index in [1.165, 1.54) is 5.56 Å². The minimum Gasteiger partial charge on any atom is -0.479 e. The van der Waals surface area contributed by atoms with Crippen molar-refractivity contribution >= 4 is 23.0 Å². The monoisotopic (exact) mass is 1070 g/mol. The van der Waals surface area contributed by atoms with Crippen LogP contribution in [0.4, 0.5) is 17.1 Å². The fourth-order valence-corrected chi connectivity index (χ4v) is 7.50. The minimum atomic E-state index is -1.57. The largest absolute Gasteiger partial charge is 0.479 e. The second-order valence-corrected chi connectivity index (χ2v) is 26.1. The van der Waals surface area contributed by atoms with Gasteiger partial charge in [-0.2, -0.15) is 0 Å². The van der Waals surface area contributed by atoms with Crippen LogP contribution in [0, 0.1) is 11.8 Å². The molecule has 0 amide bonds. The number of aliphatic hydroxyl groups excluding tert-OH is 5. The molecule has 9 N–H and O–H groups in total. The summed E-state index contributed by atoms with van der Waals surface area (Å²) in [4.78, 5) is 11.4. The summed E-state index contributed by atoms with van der Waals surface area (Å²) in [5, 5.41) is 69.6. The van der Waals surface area contributed by atoms with Crippen molar-refractivity contribution in [3.05, 3.63) is 77.4 Å². The molecule has 432 valence electrons. The summed E-state index contributed by atoms with van der Waals surface area (Å²) in [6.45, 7) is 41.4. The standard InChI is InChI=1S/C22H35NO7.C22H37NO6.C15H25NO/c1-12-16(24)17(25)18(19(26)27)30-20(12)29-15-9-8-13(11-28-22(5,6)7)10-14(15)23-21(2,3)4;1-13-18(25)19(26)17(11-24)29-20(13)28-16-9-8-14(12-27-22(5,6)7)10-15(16)23-21(2,3)4;1-14(2,3)16-13-9-7-12(8-10-13)11-17-15(4,5)6/h8-10,12,16-18,20,23-25H,11H2,1-7H3,(H,26,27);8-10,13,17-20,23-26H,11-12H2,1-7H3;7-10,16H,11H2,1-6H3. The number of carbonyl (C=O) groups is 1. The highest BCUT2D eigenvalue weighted by molar-refractivity contribution is 5.73. The van der Waals surface area contributed by atoms with E-state index in [4.69, 9.17) is 33.2 Å². The highest BCUT2D eigenvalue weighted by atomic mass is 16.7. The van der Waals surface area contributed by atoms with Gasteiger partial charge in [0.1, 0.15) is 29.8 Å². The number of benzene rings is 3. The van der Waals surface area contributed by atoms with Gasteiger partial charge in [-0.1, -0.05) is 38.1 Å². The van der Waals surface area contributed by atoms with Crippen molar-refractivity contribution in [2.45, 2.75) is 241 Å². The van der Waals surface area contributed by atoms with Crippen LogP contribution >= 0.6 is 0 Å². The maximum Gasteiger partial charge on any atom is 0.335 e. The van der Waals surface area contributed by atoms with Crippen LogP contribution in [0.3, 0.4) is 0 Å². The number of aliphatic hydroxyl groups is 5. The predicted molar refractivity (Wildman–Crippen MR) is 299 cm³/mol. The first-order valence-corrected chi connectivity index (χ1v) is 26.5. The Kier molecular flexibility index (Phi) is 23.5. The van der Waals surface area contributed by atoms with Crippen LogP contribution in [0.25, 0.3) is 0 Å². The number of hydrogen-bond donors (Lipinski definition) is 9. The first kappa shape index (κ1) is 66.0. The predicted octanol–water partition coefficient (Wildman–Crippen LogP) is 9.64. The van der Waals surface area contributed by atoms with Gasteiger partial charge in [-0.25, -0.2) is 4.79 Å². The molecule has 0 spiro atoms. The number of aliphatic carboxylic acids is 1. The average Bonchev–Trinajstić information content (AvgIpc) is 3.27. The normalized spacial score (nSPS) is 24.5. The van der Waals surface area contributed by atoms with E-state index in [0.717, 1.165) is 22.5 Å². The fourth-order valence-electron chi connectivity index (χ4n) is 7.50. The Hall–Kier alpha value is -4.27. The number of anilines is 3. The van der Waals surface area contributed by atoms with Crippen LogP contribution in [0.5, 0.6) is 11.5 Å². The highest BCUT2D eigenvalue weighted by Crippen LogP contribution is 2.36. The SMILES string of the molecule is CC(C)(C)Nc1ccc(COC(C)(C)C)cc1.CC1C(Oc2ccc(COC(C)(C)C)cc2NC(C)(C)C)OC(C(=O)O)C(O)C1O.CC1C(Oc2ccc(COC(C)(C)C)cc2NC(C)(C)C)OC(CO)C(O)C1O. The molecule has 17 heteroatoms. The highest BCUT2D eigenvalue weighted by Gasteiger charge is 2.47. The molecule has 2 aliphatic heterocycles. The van der Waals surface area contributed by atoms with Gasteiger partial charge in [0.05, 0.1) is 66.8 Å². The molecule has 17 nitrogen and oxygen atoms in total. The maximum absolute atomic E-state index is 11.4. The number of carboxylic acids is 1. The molecule has 0 saturated carbocycles. The van der Waals surface area contributed by atoms with E-state index in [1.54, 1.807) is 19.9 Å². The van der Waals surface area contributed by atoms with E-state index in [2.05, 4.69) is 103 Å². The second-order valence-electron chi connectivity index (χ2n) is 26.1. The maximum atomic E-state index is 11.4. The summed E-state index contributed by atoms with van der Waals surface area (Å²) >= 11 is 0. The molecule has 2 fully saturated rings. The number of rotatable bonds is 15. The van der Waals surface area contributed by atoms with Crippen molar-refractivity contribution in [2.75, 3.05) is 22.6 Å². The first-order valence-electron chi connectivity index (χ1n) is 26.5. The summed E-state index contributed by atoms with van der Waals surface area (Å²) < 4.78 is 40.7. The first-order chi connectivity index (χ1) is 34.6. The topological polar surface area (TPSA) is 239 Å². The third kappa shape index (κ3) is 23.4. The summed E-state index contributed by atoms with van der Waals surface area (Å²) in [6, 6.07) is 19.7. The van der Waals surface area contributed by atoms with E-state index in [0.29, 0.717) is 37.0 Å². The zero-order valence-corrected chi connectivity index (χ0v) is 49.3. The van der Waals surface area contributed by atoms with Gasteiger partial charge in [0.15, 0.2) is 6.10 Å². The third-order valence-corrected chi connectivity index (χ3v) is 11.4. The summed E-state index contributed by atoms with van der Waals surface area (Å²) in [7, 11) is 0. The van der Waals surface area contributed by atoms with Gasteiger partial charge in [-0.05, 0) is 178 Å². The lowest BCUT2D eigenvalue weighted by atomic mass is 9.92. The van der Waals surface area contributed by atoms with Gasteiger partial charge in [0.25, 0.3) is 0 Å². The fraction of sp³-hybridized carbons (Fsp3) is 0.678. The molecular weight excluding hydrogens is 975 g/mol. The van der Waals surface area contributed by atoms with Crippen molar-refractivity contribution in [1.29, 1.82) is 0 Å². The van der Waals surface area contributed by atoms with Crippen LogP contribution in [0.2, 0.25) is 0 Å². The minimum absolute atomic E-state index is 0.0810. The molecule has 76 heavy (non-hydrogen) atoms. The Balaban J connectivity index is 0.000000312. The number of ether oxygens (including phenoxy) is 7. The molecule has 0 radical (unpaired) electrons.